The van der Waals surface area contributed by atoms with Crippen LogP contribution in [0.3, 0.4) is 0 Å². The van der Waals surface area contributed by atoms with E-state index in [-0.39, 0.29) is 5.97 Å². The number of esters is 1. The Morgan fingerprint density at radius 2 is 1.59 bits per heavy atom. The molecule has 22 heavy (non-hydrogen) atoms. The summed E-state index contributed by atoms with van der Waals surface area (Å²) in [6.07, 6.45) is 0.473. The van der Waals surface area contributed by atoms with Gasteiger partial charge in [-0.3, -0.25) is 4.79 Å². The highest BCUT2D eigenvalue weighted by molar-refractivity contribution is 6.02. The standard InChI is InChI=1S/C19H19NO2/c1-2-22-19(21)18(20)12-17-15-9-5-3-7-13(15)11-14-8-4-6-10-16(14)17/h3-11,18H,2,12,20H2,1H3. The lowest BCUT2D eigenvalue weighted by atomic mass is 9.93. The van der Waals surface area contributed by atoms with Gasteiger partial charge in [0.25, 0.3) is 0 Å². The zero-order chi connectivity index (χ0) is 15.5. The molecule has 3 heteroatoms. The normalized spacial score (nSPS) is 12.5. The van der Waals surface area contributed by atoms with Gasteiger partial charge in [0.2, 0.25) is 0 Å². The minimum absolute atomic E-state index is 0.348. The molecular formula is C19H19NO2. The van der Waals surface area contributed by atoms with Gasteiger partial charge in [-0.15, -0.1) is 0 Å². The van der Waals surface area contributed by atoms with Crippen LogP contribution in [0.25, 0.3) is 21.5 Å². The number of carbonyl (C=O) groups excluding carboxylic acids is 1. The van der Waals surface area contributed by atoms with E-state index in [1.165, 1.54) is 0 Å². The minimum atomic E-state index is -0.644. The van der Waals surface area contributed by atoms with Crippen molar-refractivity contribution >= 4 is 27.5 Å². The maximum atomic E-state index is 11.9. The summed E-state index contributed by atoms with van der Waals surface area (Å²) < 4.78 is 5.04. The molecule has 112 valence electrons. The predicted molar refractivity (Wildman–Crippen MR) is 89.8 cm³/mol. The van der Waals surface area contributed by atoms with Gasteiger partial charge in [0, 0.05) is 0 Å². The van der Waals surface area contributed by atoms with E-state index in [0.717, 1.165) is 27.1 Å². The van der Waals surface area contributed by atoms with Crippen LogP contribution in [0.4, 0.5) is 0 Å². The highest BCUT2D eigenvalue weighted by Crippen LogP contribution is 2.29. The number of fused-ring (bicyclic) bond motifs is 2. The van der Waals surface area contributed by atoms with Crippen molar-refractivity contribution in [1.29, 1.82) is 0 Å². The van der Waals surface area contributed by atoms with Gasteiger partial charge < -0.3 is 10.5 Å². The number of hydrogen-bond donors (Lipinski definition) is 1. The van der Waals surface area contributed by atoms with Gasteiger partial charge in [0.15, 0.2) is 0 Å². The molecule has 0 bridgehead atoms. The smallest absolute Gasteiger partial charge is 0.323 e. The van der Waals surface area contributed by atoms with Gasteiger partial charge in [-0.25, -0.2) is 0 Å². The first-order chi connectivity index (χ1) is 10.7. The molecule has 1 atom stereocenters. The summed E-state index contributed by atoms with van der Waals surface area (Å²) in [5, 5.41) is 4.60. The monoisotopic (exact) mass is 293 g/mol. The largest absolute Gasteiger partial charge is 0.465 e. The molecule has 3 aromatic rings. The van der Waals surface area contributed by atoms with Crippen LogP contribution in [-0.2, 0) is 16.0 Å². The number of carbonyl (C=O) groups is 1. The van der Waals surface area contributed by atoms with Crippen molar-refractivity contribution < 1.29 is 9.53 Å². The third kappa shape index (κ3) is 2.68. The second-order valence-electron chi connectivity index (χ2n) is 5.36. The van der Waals surface area contributed by atoms with Crippen LogP contribution in [0.1, 0.15) is 12.5 Å². The van der Waals surface area contributed by atoms with Crippen molar-refractivity contribution in [3.63, 3.8) is 0 Å². The topological polar surface area (TPSA) is 52.3 Å². The Labute approximate surface area is 129 Å². The zero-order valence-electron chi connectivity index (χ0n) is 12.6. The molecule has 0 spiro atoms. The maximum absolute atomic E-state index is 11.9. The first kappa shape index (κ1) is 14.5. The average molecular weight is 293 g/mol. The summed E-state index contributed by atoms with van der Waals surface area (Å²) >= 11 is 0. The number of nitrogens with two attached hydrogens (primary N) is 1. The lowest BCUT2D eigenvalue weighted by molar-refractivity contribution is -0.144. The minimum Gasteiger partial charge on any atom is -0.465 e. The summed E-state index contributed by atoms with van der Waals surface area (Å²) in [6, 6.07) is 17.9. The molecule has 0 aliphatic carbocycles. The predicted octanol–water partition coefficient (Wildman–Crippen LogP) is 3.43. The molecule has 0 aromatic heterocycles. The van der Waals surface area contributed by atoms with Gasteiger partial charge in [-0.05, 0) is 46.5 Å². The summed E-state index contributed by atoms with van der Waals surface area (Å²) in [4.78, 5) is 11.9. The Morgan fingerprint density at radius 1 is 1.05 bits per heavy atom. The summed E-state index contributed by atoms with van der Waals surface area (Å²) in [5.41, 5.74) is 7.15. The van der Waals surface area contributed by atoms with Gasteiger partial charge in [-0.1, -0.05) is 48.5 Å². The number of hydrogen-bond acceptors (Lipinski definition) is 3. The van der Waals surface area contributed by atoms with E-state index in [9.17, 15) is 4.79 Å². The fourth-order valence-corrected chi connectivity index (χ4v) is 2.88. The van der Waals surface area contributed by atoms with Gasteiger partial charge >= 0.3 is 5.97 Å². The number of benzene rings is 3. The van der Waals surface area contributed by atoms with Crippen LogP contribution in [-0.4, -0.2) is 18.6 Å². The van der Waals surface area contributed by atoms with E-state index in [1.54, 1.807) is 6.92 Å². The Balaban J connectivity index is 2.14. The fourth-order valence-electron chi connectivity index (χ4n) is 2.88. The molecule has 0 saturated carbocycles. The van der Waals surface area contributed by atoms with E-state index < -0.39 is 6.04 Å². The SMILES string of the molecule is CCOC(=O)C(N)Cc1c2ccccc2cc2ccccc12. The molecule has 0 amide bonds. The van der Waals surface area contributed by atoms with Crippen LogP contribution in [0, 0.1) is 0 Å². The van der Waals surface area contributed by atoms with E-state index in [4.69, 9.17) is 10.5 Å². The highest BCUT2D eigenvalue weighted by atomic mass is 16.5. The van der Waals surface area contributed by atoms with Crippen molar-refractivity contribution in [3.05, 3.63) is 60.2 Å². The van der Waals surface area contributed by atoms with E-state index >= 15 is 0 Å². The third-order valence-corrected chi connectivity index (χ3v) is 3.90. The molecule has 0 aliphatic rings. The maximum Gasteiger partial charge on any atom is 0.323 e. The second kappa shape index (κ2) is 6.16. The fraction of sp³-hybridized carbons (Fsp3) is 0.211. The molecule has 0 heterocycles. The molecule has 3 aromatic carbocycles. The van der Waals surface area contributed by atoms with Crippen LogP contribution in [0.5, 0.6) is 0 Å². The molecule has 1 unspecified atom stereocenters. The van der Waals surface area contributed by atoms with Crippen molar-refractivity contribution in [2.24, 2.45) is 5.73 Å². The lowest BCUT2D eigenvalue weighted by Gasteiger charge is -2.15. The summed E-state index contributed by atoms with van der Waals surface area (Å²) in [5.74, 6) is -0.348. The van der Waals surface area contributed by atoms with E-state index in [2.05, 4.69) is 30.3 Å². The van der Waals surface area contributed by atoms with Gasteiger partial charge in [0.1, 0.15) is 6.04 Å². The number of rotatable bonds is 4. The molecular weight excluding hydrogens is 274 g/mol. The van der Waals surface area contributed by atoms with Gasteiger partial charge in [0.05, 0.1) is 6.61 Å². The molecule has 3 rings (SSSR count). The summed E-state index contributed by atoms with van der Waals surface area (Å²) in [6.45, 7) is 2.14. The molecule has 0 radical (unpaired) electrons. The van der Waals surface area contributed by atoms with Crippen molar-refractivity contribution in [1.82, 2.24) is 0 Å². The highest BCUT2D eigenvalue weighted by Gasteiger charge is 2.18. The average Bonchev–Trinajstić information content (AvgIpc) is 2.54. The second-order valence-corrected chi connectivity index (χ2v) is 5.36. The van der Waals surface area contributed by atoms with Crippen LogP contribution in [0.15, 0.2) is 54.6 Å². The van der Waals surface area contributed by atoms with Crippen molar-refractivity contribution in [2.75, 3.05) is 6.61 Å². The first-order valence-electron chi connectivity index (χ1n) is 7.52. The van der Waals surface area contributed by atoms with Gasteiger partial charge in [-0.2, -0.15) is 0 Å². The van der Waals surface area contributed by atoms with Crippen molar-refractivity contribution in [3.8, 4) is 0 Å². The Bertz CT molecular complexity index is 772. The Kier molecular flexibility index (Phi) is 4.07. The van der Waals surface area contributed by atoms with E-state index in [1.807, 2.05) is 24.3 Å². The van der Waals surface area contributed by atoms with Crippen molar-refractivity contribution in [2.45, 2.75) is 19.4 Å². The Hall–Kier alpha value is -2.39. The van der Waals surface area contributed by atoms with E-state index in [0.29, 0.717) is 13.0 Å². The number of ether oxygens (including phenoxy) is 1. The zero-order valence-corrected chi connectivity index (χ0v) is 12.6. The van der Waals surface area contributed by atoms with Crippen LogP contribution in [0.2, 0.25) is 0 Å². The third-order valence-electron chi connectivity index (χ3n) is 3.90. The van der Waals surface area contributed by atoms with Crippen LogP contribution < -0.4 is 5.73 Å². The Morgan fingerprint density at radius 3 is 2.14 bits per heavy atom. The molecule has 0 fully saturated rings. The van der Waals surface area contributed by atoms with Crippen LogP contribution >= 0.6 is 0 Å². The quantitative estimate of drug-likeness (QED) is 0.592. The molecule has 3 nitrogen and oxygen atoms in total. The molecule has 0 saturated heterocycles. The molecule has 0 aliphatic heterocycles. The molecule has 2 N–H and O–H groups in total. The lowest BCUT2D eigenvalue weighted by Crippen LogP contribution is -2.34. The first-order valence-corrected chi connectivity index (χ1v) is 7.52. The summed E-state index contributed by atoms with van der Waals surface area (Å²) in [7, 11) is 0.